The summed E-state index contributed by atoms with van der Waals surface area (Å²) < 4.78 is 0. The fraction of sp³-hybridized carbons (Fsp3) is 0.545. The first-order chi connectivity index (χ1) is 7.49. The van der Waals surface area contributed by atoms with E-state index in [-0.39, 0.29) is 11.8 Å². The highest BCUT2D eigenvalue weighted by molar-refractivity contribution is 5.92. The van der Waals surface area contributed by atoms with Gasteiger partial charge < -0.3 is 11.1 Å². The monoisotopic (exact) mass is 222 g/mol. The van der Waals surface area contributed by atoms with Gasteiger partial charge in [0.2, 0.25) is 0 Å². The zero-order valence-corrected chi connectivity index (χ0v) is 9.90. The number of hydrogen-bond acceptors (Lipinski definition) is 4. The highest BCUT2D eigenvalue weighted by Crippen LogP contribution is 2.15. The molecule has 0 aliphatic rings. The molecule has 1 atom stereocenters. The molecule has 1 unspecified atom stereocenters. The van der Waals surface area contributed by atoms with Crippen molar-refractivity contribution in [1.82, 2.24) is 15.3 Å². The van der Waals surface area contributed by atoms with Gasteiger partial charge in [-0.2, -0.15) is 0 Å². The molecule has 0 saturated carbocycles. The van der Waals surface area contributed by atoms with E-state index in [1.165, 1.54) is 18.6 Å². The molecule has 3 N–H and O–H groups in total. The van der Waals surface area contributed by atoms with Crippen LogP contribution in [0.3, 0.4) is 0 Å². The number of carbonyl (C=O) groups excluding carboxylic acids is 1. The zero-order valence-electron chi connectivity index (χ0n) is 9.90. The second-order valence-corrected chi connectivity index (χ2v) is 4.32. The quantitative estimate of drug-likeness (QED) is 0.780. The van der Waals surface area contributed by atoms with Gasteiger partial charge in [0.15, 0.2) is 0 Å². The second-order valence-electron chi connectivity index (χ2n) is 4.32. The SMILES string of the molecule is CC(C)C(C)(CN)NC(=O)c1cnccn1. The lowest BCUT2D eigenvalue weighted by molar-refractivity contribution is 0.0877. The van der Waals surface area contributed by atoms with Crippen LogP contribution in [0, 0.1) is 5.92 Å². The van der Waals surface area contributed by atoms with Crippen molar-refractivity contribution in [3.63, 3.8) is 0 Å². The maximum absolute atomic E-state index is 11.9. The molecule has 0 aliphatic carbocycles. The van der Waals surface area contributed by atoms with Gasteiger partial charge in [-0.25, -0.2) is 4.98 Å². The number of nitrogens with zero attached hydrogens (tertiary/aromatic N) is 2. The van der Waals surface area contributed by atoms with Crippen molar-refractivity contribution >= 4 is 5.91 Å². The van der Waals surface area contributed by atoms with Crippen molar-refractivity contribution < 1.29 is 4.79 Å². The summed E-state index contributed by atoms with van der Waals surface area (Å²) in [4.78, 5) is 19.6. The van der Waals surface area contributed by atoms with Crippen LogP contribution in [0.5, 0.6) is 0 Å². The molecule has 1 aromatic rings. The first-order valence-electron chi connectivity index (χ1n) is 5.28. The van der Waals surface area contributed by atoms with Crippen LogP contribution in [0.4, 0.5) is 0 Å². The molecule has 0 aliphatic heterocycles. The molecule has 1 aromatic heterocycles. The molecule has 5 nitrogen and oxygen atoms in total. The molecule has 0 fully saturated rings. The molecular formula is C11H18N4O. The van der Waals surface area contributed by atoms with Gasteiger partial charge >= 0.3 is 0 Å². The first kappa shape index (κ1) is 12.6. The van der Waals surface area contributed by atoms with Crippen LogP contribution in [-0.4, -0.2) is 28.0 Å². The van der Waals surface area contributed by atoms with E-state index in [4.69, 9.17) is 5.73 Å². The molecule has 0 aromatic carbocycles. The van der Waals surface area contributed by atoms with Crippen LogP contribution in [0.1, 0.15) is 31.3 Å². The summed E-state index contributed by atoms with van der Waals surface area (Å²) in [5.41, 5.74) is 5.57. The van der Waals surface area contributed by atoms with Gasteiger partial charge in [0.25, 0.3) is 5.91 Å². The van der Waals surface area contributed by atoms with Gasteiger partial charge in [0.1, 0.15) is 5.69 Å². The van der Waals surface area contributed by atoms with E-state index in [0.717, 1.165) is 0 Å². The second kappa shape index (κ2) is 5.03. The summed E-state index contributed by atoms with van der Waals surface area (Å²) >= 11 is 0. The van der Waals surface area contributed by atoms with E-state index in [1.54, 1.807) is 0 Å². The maximum atomic E-state index is 11.9. The van der Waals surface area contributed by atoms with E-state index in [9.17, 15) is 4.79 Å². The minimum absolute atomic E-state index is 0.241. The number of nitrogens with two attached hydrogens (primary N) is 1. The number of rotatable bonds is 4. The maximum Gasteiger partial charge on any atom is 0.271 e. The Morgan fingerprint density at radius 1 is 1.56 bits per heavy atom. The van der Waals surface area contributed by atoms with Gasteiger partial charge in [-0.15, -0.1) is 0 Å². The summed E-state index contributed by atoms with van der Waals surface area (Å²) in [5, 5.41) is 2.89. The van der Waals surface area contributed by atoms with Crippen molar-refractivity contribution in [3.8, 4) is 0 Å². The normalized spacial score (nSPS) is 14.6. The average molecular weight is 222 g/mol. The molecule has 0 spiro atoms. The Morgan fingerprint density at radius 3 is 2.69 bits per heavy atom. The highest BCUT2D eigenvalue weighted by atomic mass is 16.2. The van der Waals surface area contributed by atoms with Crippen LogP contribution >= 0.6 is 0 Å². The Morgan fingerprint density at radius 2 is 2.25 bits per heavy atom. The molecule has 0 saturated heterocycles. The summed E-state index contributed by atoms with van der Waals surface area (Å²) in [7, 11) is 0. The fourth-order valence-electron chi connectivity index (χ4n) is 1.17. The third-order valence-corrected chi connectivity index (χ3v) is 2.89. The van der Waals surface area contributed by atoms with E-state index in [1.807, 2.05) is 20.8 Å². The summed E-state index contributed by atoms with van der Waals surface area (Å²) in [5.74, 6) is 0.00729. The van der Waals surface area contributed by atoms with Gasteiger partial charge in [0, 0.05) is 18.9 Å². The van der Waals surface area contributed by atoms with Crippen LogP contribution in [-0.2, 0) is 0 Å². The summed E-state index contributed by atoms with van der Waals surface area (Å²) in [6.45, 7) is 6.34. The lowest BCUT2D eigenvalue weighted by Crippen LogP contribution is -2.55. The first-order valence-corrected chi connectivity index (χ1v) is 5.28. The Labute approximate surface area is 95.5 Å². The smallest absolute Gasteiger partial charge is 0.271 e. The third-order valence-electron chi connectivity index (χ3n) is 2.89. The van der Waals surface area contributed by atoms with Gasteiger partial charge in [0.05, 0.1) is 11.7 Å². The Kier molecular flexibility index (Phi) is 3.95. The standard InChI is InChI=1S/C11H18N4O/c1-8(2)11(3,7-12)15-10(16)9-6-13-4-5-14-9/h4-6,8H,7,12H2,1-3H3,(H,15,16). The molecule has 88 valence electrons. The van der Waals surface area contributed by atoms with Gasteiger partial charge in [-0.3, -0.25) is 9.78 Å². The molecule has 1 amide bonds. The minimum atomic E-state index is -0.422. The van der Waals surface area contributed by atoms with Crippen LogP contribution in [0.2, 0.25) is 0 Å². The van der Waals surface area contributed by atoms with E-state index >= 15 is 0 Å². The largest absolute Gasteiger partial charge is 0.344 e. The number of hydrogen-bond donors (Lipinski definition) is 2. The van der Waals surface area contributed by atoms with E-state index in [0.29, 0.717) is 12.2 Å². The summed E-state index contributed by atoms with van der Waals surface area (Å²) in [6, 6.07) is 0. The Bertz CT molecular complexity index is 352. The lowest BCUT2D eigenvalue weighted by Gasteiger charge is -2.33. The van der Waals surface area contributed by atoms with Crippen molar-refractivity contribution in [2.75, 3.05) is 6.54 Å². The topological polar surface area (TPSA) is 80.9 Å². The molecule has 1 heterocycles. The number of aromatic nitrogens is 2. The van der Waals surface area contributed by atoms with Crippen LogP contribution < -0.4 is 11.1 Å². The molecule has 16 heavy (non-hydrogen) atoms. The van der Waals surface area contributed by atoms with Crippen molar-refractivity contribution in [3.05, 3.63) is 24.3 Å². The molecule has 0 radical (unpaired) electrons. The highest BCUT2D eigenvalue weighted by Gasteiger charge is 2.29. The van der Waals surface area contributed by atoms with E-state index < -0.39 is 5.54 Å². The van der Waals surface area contributed by atoms with Crippen LogP contribution in [0.25, 0.3) is 0 Å². The van der Waals surface area contributed by atoms with Crippen molar-refractivity contribution in [2.24, 2.45) is 11.7 Å². The van der Waals surface area contributed by atoms with Crippen molar-refractivity contribution in [1.29, 1.82) is 0 Å². The third kappa shape index (κ3) is 2.76. The lowest BCUT2D eigenvalue weighted by atomic mass is 9.88. The van der Waals surface area contributed by atoms with Crippen LogP contribution in [0.15, 0.2) is 18.6 Å². The number of carbonyl (C=O) groups is 1. The Hall–Kier alpha value is -1.49. The van der Waals surface area contributed by atoms with Gasteiger partial charge in [-0.1, -0.05) is 13.8 Å². The van der Waals surface area contributed by atoms with Gasteiger partial charge in [-0.05, 0) is 12.8 Å². The summed E-state index contributed by atoms with van der Waals surface area (Å²) in [6.07, 6.45) is 4.46. The predicted molar refractivity (Wildman–Crippen MR) is 61.8 cm³/mol. The zero-order chi connectivity index (χ0) is 12.2. The molecule has 0 bridgehead atoms. The minimum Gasteiger partial charge on any atom is -0.344 e. The molecular weight excluding hydrogens is 204 g/mol. The predicted octanol–water partition coefficient (Wildman–Crippen LogP) is 0.580. The molecule has 5 heteroatoms. The molecule has 1 rings (SSSR count). The Balaban J connectivity index is 2.78. The fourth-order valence-corrected chi connectivity index (χ4v) is 1.17. The number of nitrogens with one attached hydrogen (secondary N) is 1. The number of amides is 1. The van der Waals surface area contributed by atoms with E-state index in [2.05, 4.69) is 15.3 Å². The van der Waals surface area contributed by atoms with Crippen molar-refractivity contribution in [2.45, 2.75) is 26.3 Å². The average Bonchev–Trinajstić information content (AvgIpc) is 2.29.